The molecule has 0 saturated carbocycles. The van der Waals surface area contributed by atoms with Crippen molar-refractivity contribution in [2.45, 2.75) is 26.2 Å². The molecule has 0 unspecified atom stereocenters. The van der Waals surface area contributed by atoms with Crippen molar-refractivity contribution in [3.63, 3.8) is 0 Å². The van der Waals surface area contributed by atoms with Crippen molar-refractivity contribution in [1.29, 1.82) is 0 Å². The minimum absolute atomic E-state index is 0.0397. The van der Waals surface area contributed by atoms with Crippen LogP contribution in [-0.2, 0) is 15.4 Å². The fourth-order valence-electron chi connectivity index (χ4n) is 1.82. The van der Waals surface area contributed by atoms with E-state index in [0.717, 1.165) is 11.3 Å². The number of hydrogen-bond donors (Lipinski definition) is 1. The fraction of sp³-hybridized carbons (Fsp3) is 0.538. The van der Waals surface area contributed by atoms with Gasteiger partial charge in [-0.3, -0.25) is 4.31 Å². The highest BCUT2D eigenvalue weighted by molar-refractivity contribution is 7.92. The van der Waals surface area contributed by atoms with Crippen LogP contribution in [0.5, 0.6) is 0 Å². The average molecular weight is 270 g/mol. The van der Waals surface area contributed by atoms with Crippen LogP contribution in [0.4, 0.5) is 5.69 Å². The Kier molecular flexibility index (Phi) is 4.40. The third-order valence-corrected chi connectivity index (χ3v) is 4.63. The molecule has 0 amide bonds. The lowest BCUT2D eigenvalue weighted by molar-refractivity contribution is 0.584. The summed E-state index contributed by atoms with van der Waals surface area (Å²) in [6, 6.07) is 7.56. The Morgan fingerprint density at radius 1 is 1.22 bits per heavy atom. The molecule has 1 rings (SSSR count). The molecular formula is C13H22N2O2S. The Labute approximate surface area is 110 Å². The minimum Gasteiger partial charge on any atom is -0.329 e. The van der Waals surface area contributed by atoms with E-state index in [0.29, 0.717) is 0 Å². The number of sulfonamides is 1. The van der Waals surface area contributed by atoms with Gasteiger partial charge < -0.3 is 5.73 Å². The standard InChI is InChI=1S/C13H22N2O2S/c1-13(2,3)11-7-5-6-8-12(11)15(4)18(16,17)10-9-14/h5-8H,9-10,14H2,1-4H3. The first-order valence-corrected chi connectivity index (χ1v) is 7.57. The van der Waals surface area contributed by atoms with E-state index in [2.05, 4.69) is 20.8 Å². The predicted molar refractivity (Wildman–Crippen MR) is 76.4 cm³/mol. The molecule has 0 aromatic heterocycles. The quantitative estimate of drug-likeness (QED) is 0.906. The lowest BCUT2D eigenvalue weighted by atomic mass is 9.86. The van der Waals surface area contributed by atoms with Crippen LogP contribution in [0.15, 0.2) is 24.3 Å². The van der Waals surface area contributed by atoms with Crippen molar-refractivity contribution in [2.75, 3.05) is 23.7 Å². The van der Waals surface area contributed by atoms with Gasteiger partial charge in [0.25, 0.3) is 0 Å². The second-order valence-electron chi connectivity index (χ2n) is 5.34. The first-order chi connectivity index (χ1) is 8.20. The Morgan fingerprint density at radius 2 is 1.78 bits per heavy atom. The summed E-state index contributed by atoms with van der Waals surface area (Å²) in [6.07, 6.45) is 0. The molecule has 0 spiro atoms. The number of nitrogens with zero attached hydrogens (tertiary/aromatic N) is 1. The van der Waals surface area contributed by atoms with Crippen LogP contribution < -0.4 is 10.0 Å². The molecule has 0 bridgehead atoms. The first-order valence-electron chi connectivity index (χ1n) is 5.96. The van der Waals surface area contributed by atoms with E-state index in [1.807, 2.05) is 24.3 Å². The van der Waals surface area contributed by atoms with Crippen LogP contribution >= 0.6 is 0 Å². The maximum absolute atomic E-state index is 12.1. The van der Waals surface area contributed by atoms with Crippen LogP contribution in [0.2, 0.25) is 0 Å². The highest BCUT2D eigenvalue weighted by Gasteiger charge is 2.24. The predicted octanol–water partition coefficient (Wildman–Crippen LogP) is 1.71. The van der Waals surface area contributed by atoms with E-state index >= 15 is 0 Å². The molecule has 18 heavy (non-hydrogen) atoms. The average Bonchev–Trinajstić information content (AvgIpc) is 2.27. The Hall–Kier alpha value is -1.07. The van der Waals surface area contributed by atoms with Gasteiger partial charge in [0.2, 0.25) is 10.0 Å². The van der Waals surface area contributed by atoms with Gasteiger partial charge in [-0.25, -0.2) is 8.42 Å². The van der Waals surface area contributed by atoms with Gasteiger partial charge in [0.1, 0.15) is 0 Å². The molecule has 0 saturated heterocycles. The van der Waals surface area contributed by atoms with Crippen molar-refractivity contribution in [3.8, 4) is 0 Å². The van der Waals surface area contributed by atoms with Gasteiger partial charge in [0.05, 0.1) is 11.4 Å². The second-order valence-corrected chi connectivity index (χ2v) is 7.46. The van der Waals surface area contributed by atoms with Crippen molar-refractivity contribution in [2.24, 2.45) is 5.73 Å². The van der Waals surface area contributed by atoms with Gasteiger partial charge >= 0.3 is 0 Å². The Morgan fingerprint density at radius 3 is 2.28 bits per heavy atom. The summed E-state index contributed by atoms with van der Waals surface area (Å²) in [4.78, 5) is 0. The number of para-hydroxylation sites is 1. The summed E-state index contributed by atoms with van der Waals surface area (Å²) in [5.41, 5.74) is 6.97. The smallest absolute Gasteiger partial charge is 0.236 e. The summed E-state index contributed by atoms with van der Waals surface area (Å²) in [7, 11) is -1.76. The van der Waals surface area contributed by atoms with Gasteiger partial charge in [0.15, 0.2) is 0 Å². The lowest BCUT2D eigenvalue weighted by Gasteiger charge is -2.28. The largest absolute Gasteiger partial charge is 0.329 e. The molecule has 0 aliphatic heterocycles. The molecule has 0 fully saturated rings. The van der Waals surface area contributed by atoms with Crippen molar-refractivity contribution < 1.29 is 8.42 Å². The van der Waals surface area contributed by atoms with Crippen LogP contribution in [0, 0.1) is 0 Å². The van der Waals surface area contributed by atoms with E-state index in [1.54, 1.807) is 7.05 Å². The molecule has 1 aromatic carbocycles. The Bertz CT molecular complexity index is 504. The maximum atomic E-state index is 12.1. The van der Waals surface area contributed by atoms with Gasteiger partial charge in [0, 0.05) is 13.6 Å². The lowest BCUT2D eigenvalue weighted by Crippen LogP contribution is -2.33. The van der Waals surface area contributed by atoms with Gasteiger partial charge in [-0.05, 0) is 17.0 Å². The van der Waals surface area contributed by atoms with E-state index in [9.17, 15) is 8.42 Å². The monoisotopic (exact) mass is 270 g/mol. The van der Waals surface area contributed by atoms with Gasteiger partial charge in [-0.15, -0.1) is 0 Å². The minimum atomic E-state index is -3.34. The van der Waals surface area contributed by atoms with Crippen LogP contribution in [0.25, 0.3) is 0 Å². The maximum Gasteiger partial charge on any atom is 0.236 e. The highest BCUT2D eigenvalue weighted by atomic mass is 32.2. The van der Waals surface area contributed by atoms with Crippen molar-refractivity contribution in [3.05, 3.63) is 29.8 Å². The van der Waals surface area contributed by atoms with E-state index < -0.39 is 10.0 Å². The topological polar surface area (TPSA) is 63.4 Å². The number of benzene rings is 1. The van der Waals surface area contributed by atoms with Crippen LogP contribution in [0.1, 0.15) is 26.3 Å². The number of rotatable bonds is 4. The molecule has 5 heteroatoms. The van der Waals surface area contributed by atoms with Crippen LogP contribution in [-0.4, -0.2) is 27.8 Å². The molecule has 2 N–H and O–H groups in total. The zero-order valence-electron chi connectivity index (χ0n) is 11.5. The number of nitrogens with two attached hydrogens (primary N) is 1. The third-order valence-electron chi connectivity index (χ3n) is 2.84. The highest BCUT2D eigenvalue weighted by Crippen LogP contribution is 2.32. The fourth-order valence-corrected chi connectivity index (χ4v) is 2.85. The summed E-state index contributed by atoms with van der Waals surface area (Å²) in [6.45, 7) is 6.32. The van der Waals surface area contributed by atoms with Crippen molar-refractivity contribution >= 4 is 15.7 Å². The summed E-state index contributed by atoms with van der Waals surface area (Å²) >= 11 is 0. The zero-order valence-corrected chi connectivity index (χ0v) is 12.3. The molecule has 0 heterocycles. The van der Waals surface area contributed by atoms with Gasteiger partial charge in [-0.2, -0.15) is 0 Å². The SMILES string of the molecule is CN(c1ccccc1C(C)(C)C)S(=O)(=O)CCN. The van der Waals surface area contributed by atoms with Crippen molar-refractivity contribution in [1.82, 2.24) is 0 Å². The molecule has 0 radical (unpaired) electrons. The Balaban J connectivity index is 3.27. The van der Waals surface area contributed by atoms with E-state index in [4.69, 9.17) is 5.73 Å². The molecule has 102 valence electrons. The molecular weight excluding hydrogens is 248 g/mol. The molecule has 0 aliphatic carbocycles. The first kappa shape index (κ1) is 15.0. The number of anilines is 1. The molecule has 0 aliphatic rings. The summed E-state index contributed by atoms with van der Waals surface area (Å²) < 4.78 is 25.4. The molecule has 1 aromatic rings. The second kappa shape index (κ2) is 5.28. The van der Waals surface area contributed by atoms with Gasteiger partial charge in [-0.1, -0.05) is 39.0 Å². The zero-order chi connectivity index (χ0) is 14.0. The summed E-state index contributed by atoms with van der Waals surface area (Å²) in [5.74, 6) is -0.0397. The molecule has 4 nitrogen and oxygen atoms in total. The van der Waals surface area contributed by atoms with E-state index in [-0.39, 0.29) is 17.7 Å². The third kappa shape index (κ3) is 3.23. The van der Waals surface area contributed by atoms with Crippen LogP contribution in [0.3, 0.4) is 0 Å². The summed E-state index contributed by atoms with van der Waals surface area (Å²) in [5, 5.41) is 0. The normalized spacial score (nSPS) is 12.5. The number of hydrogen-bond acceptors (Lipinski definition) is 3. The molecule has 0 atom stereocenters. The van der Waals surface area contributed by atoms with E-state index in [1.165, 1.54) is 4.31 Å².